The summed E-state index contributed by atoms with van der Waals surface area (Å²) in [6, 6.07) is 7.82. The molecule has 0 radical (unpaired) electrons. The van der Waals surface area contributed by atoms with Crippen LogP contribution in [0.5, 0.6) is 5.75 Å². The van der Waals surface area contributed by atoms with E-state index in [9.17, 15) is 10.1 Å². The first-order chi connectivity index (χ1) is 10.0. The van der Waals surface area contributed by atoms with E-state index in [1.54, 1.807) is 25.1 Å². The van der Waals surface area contributed by atoms with E-state index in [2.05, 4.69) is 10.4 Å². The molecule has 110 valence electrons. The number of halogens is 1. The fraction of sp³-hybridized carbons (Fsp3) is 0.154. The molecule has 3 N–H and O–H groups in total. The maximum absolute atomic E-state index is 10.7. The average Bonchev–Trinajstić information content (AvgIpc) is 2.46. The van der Waals surface area contributed by atoms with Crippen molar-refractivity contribution in [3.63, 3.8) is 0 Å². The molecule has 1 aromatic carbocycles. The Labute approximate surface area is 125 Å². The molecule has 0 aliphatic carbocycles. The number of aromatic nitrogens is 1. The van der Waals surface area contributed by atoms with E-state index in [0.29, 0.717) is 27.8 Å². The van der Waals surface area contributed by atoms with Crippen molar-refractivity contribution < 1.29 is 9.66 Å². The van der Waals surface area contributed by atoms with Crippen molar-refractivity contribution in [2.75, 3.05) is 5.43 Å². The minimum Gasteiger partial charge on any atom is -0.487 e. The highest BCUT2D eigenvalue weighted by atomic mass is 35.5. The standard InChI is InChI=1S/C13H13ClN4O3/c1-8-6-9(2-4-12(8)18(19)20)21-7-11-10(14)3-5-13(16-11)17-15/h2-6H,7,15H2,1H3,(H,16,17). The number of nitrogens with two attached hydrogens (primary N) is 1. The topological polar surface area (TPSA) is 103 Å². The lowest BCUT2D eigenvalue weighted by molar-refractivity contribution is -0.385. The number of hydrogen-bond acceptors (Lipinski definition) is 6. The number of nitro benzene ring substituents is 1. The fourth-order valence-electron chi connectivity index (χ4n) is 1.74. The van der Waals surface area contributed by atoms with Crippen molar-refractivity contribution in [2.45, 2.75) is 13.5 Å². The summed E-state index contributed by atoms with van der Waals surface area (Å²) in [6.45, 7) is 1.78. The molecular formula is C13H13ClN4O3. The van der Waals surface area contributed by atoms with Gasteiger partial charge in [-0.15, -0.1) is 0 Å². The maximum atomic E-state index is 10.7. The largest absolute Gasteiger partial charge is 0.487 e. The summed E-state index contributed by atoms with van der Waals surface area (Å²) in [5.41, 5.74) is 3.51. The van der Waals surface area contributed by atoms with Crippen LogP contribution in [0.25, 0.3) is 0 Å². The van der Waals surface area contributed by atoms with E-state index in [1.165, 1.54) is 12.1 Å². The summed E-state index contributed by atoms with van der Waals surface area (Å²) < 4.78 is 5.55. The van der Waals surface area contributed by atoms with Crippen LogP contribution in [0.2, 0.25) is 5.02 Å². The van der Waals surface area contributed by atoms with E-state index < -0.39 is 4.92 Å². The summed E-state index contributed by atoms with van der Waals surface area (Å²) >= 11 is 6.02. The molecule has 0 aliphatic heterocycles. The van der Waals surface area contributed by atoms with Gasteiger partial charge in [0.15, 0.2) is 0 Å². The van der Waals surface area contributed by atoms with Crippen molar-refractivity contribution in [2.24, 2.45) is 5.84 Å². The highest BCUT2D eigenvalue weighted by Crippen LogP contribution is 2.24. The summed E-state index contributed by atoms with van der Waals surface area (Å²) in [7, 11) is 0. The van der Waals surface area contributed by atoms with Crippen LogP contribution in [-0.4, -0.2) is 9.91 Å². The number of nitrogens with zero attached hydrogens (tertiary/aromatic N) is 2. The first-order valence-corrected chi connectivity index (χ1v) is 6.39. The highest BCUT2D eigenvalue weighted by Gasteiger charge is 2.11. The van der Waals surface area contributed by atoms with Crippen LogP contribution < -0.4 is 16.0 Å². The molecule has 1 aromatic heterocycles. The van der Waals surface area contributed by atoms with Gasteiger partial charge >= 0.3 is 0 Å². The molecule has 0 amide bonds. The minimum atomic E-state index is -0.437. The van der Waals surface area contributed by atoms with Crippen LogP contribution >= 0.6 is 11.6 Å². The van der Waals surface area contributed by atoms with Crippen LogP contribution in [0.3, 0.4) is 0 Å². The Balaban J connectivity index is 2.13. The summed E-state index contributed by atoms with van der Waals surface area (Å²) in [5, 5.41) is 11.2. The molecule has 0 bridgehead atoms. The van der Waals surface area contributed by atoms with E-state index in [4.69, 9.17) is 22.2 Å². The van der Waals surface area contributed by atoms with Gasteiger partial charge in [-0.3, -0.25) is 10.1 Å². The lowest BCUT2D eigenvalue weighted by atomic mass is 10.2. The molecule has 21 heavy (non-hydrogen) atoms. The summed E-state index contributed by atoms with van der Waals surface area (Å²) in [5.74, 6) is 6.25. The minimum absolute atomic E-state index is 0.0489. The van der Waals surface area contributed by atoms with E-state index in [0.717, 1.165) is 0 Å². The van der Waals surface area contributed by atoms with Crippen molar-refractivity contribution >= 4 is 23.1 Å². The van der Waals surface area contributed by atoms with Crippen LogP contribution in [0.1, 0.15) is 11.3 Å². The smallest absolute Gasteiger partial charge is 0.272 e. The number of nitro groups is 1. The van der Waals surface area contributed by atoms with Crippen LogP contribution in [-0.2, 0) is 6.61 Å². The number of hydrogen-bond donors (Lipinski definition) is 2. The van der Waals surface area contributed by atoms with Crippen LogP contribution in [0, 0.1) is 17.0 Å². The zero-order chi connectivity index (χ0) is 15.4. The third-order valence-corrected chi connectivity index (χ3v) is 3.15. The van der Waals surface area contributed by atoms with Gasteiger partial charge in [0.05, 0.1) is 15.6 Å². The lowest BCUT2D eigenvalue weighted by Gasteiger charge is -2.09. The Morgan fingerprint density at radius 3 is 2.81 bits per heavy atom. The third-order valence-electron chi connectivity index (χ3n) is 2.81. The fourth-order valence-corrected chi connectivity index (χ4v) is 1.90. The first kappa shape index (κ1) is 15.0. The molecule has 0 unspecified atom stereocenters. The van der Waals surface area contributed by atoms with Gasteiger partial charge in [0.25, 0.3) is 5.69 Å². The quantitative estimate of drug-likeness (QED) is 0.500. The molecule has 0 atom stereocenters. The van der Waals surface area contributed by atoms with E-state index >= 15 is 0 Å². The second-order valence-electron chi connectivity index (χ2n) is 4.26. The molecule has 0 saturated heterocycles. The first-order valence-electron chi connectivity index (χ1n) is 6.01. The SMILES string of the molecule is Cc1cc(OCc2nc(NN)ccc2Cl)ccc1[N+](=O)[O-]. The third kappa shape index (κ3) is 3.59. The molecule has 0 aliphatic rings. The molecule has 8 heteroatoms. The molecule has 0 saturated carbocycles. The number of anilines is 1. The van der Waals surface area contributed by atoms with Crippen molar-refractivity contribution in [3.05, 3.63) is 56.7 Å². The van der Waals surface area contributed by atoms with E-state index in [1.807, 2.05) is 0 Å². The molecule has 2 aromatic rings. The Kier molecular flexibility index (Phi) is 4.56. The van der Waals surface area contributed by atoms with Gasteiger partial charge in [-0.25, -0.2) is 10.8 Å². The molecule has 7 nitrogen and oxygen atoms in total. The summed E-state index contributed by atoms with van der Waals surface area (Å²) in [6.07, 6.45) is 0. The Bertz CT molecular complexity index is 678. The number of nitrogens with one attached hydrogen (secondary N) is 1. The zero-order valence-corrected chi connectivity index (χ0v) is 11.9. The Hall–Kier alpha value is -2.38. The second-order valence-corrected chi connectivity index (χ2v) is 4.67. The second kappa shape index (κ2) is 6.38. The van der Waals surface area contributed by atoms with Gasteiger partial charge in [0.2, 0.25) is 0 Å². The van der Waals surface area contributed by atoms with Crippen LogP contribution in [0.4, 0.5) is 11.5 Å². The molecule has 0 spiro atoms. The molecule has 2 rings (SSSR count). The van der Waals surface area contributed by atoms with E-state index in [-0.39, 0.29) is 12.3 Å². The normalized spacial score (nSPS) is 10.2. The van der Waals surface area contributed by atoms with Gasteiger partial charge in [0, 0.05) is 11.6 Å². The summed E-state index contributed by atoms with van der Waals surface area (Å²) in [4.78, 5) is 14.5. The molecule has 1 heterocycles. The number of nitrogen functional groups attached to an aromatic ring is 1. The van der Waals surface area contributed by atoms with Gasteiger partial charge < -0.3 is 10.2 Å². The highest BCUT2D eigenvalue weighted by molar-refractivity contribution is 6.31. The predicted molar refractivity (Wildman–Crippen MR) is 79.2 cm³/mol. The number of ether oxygens (including phenoxy) is 1. The molecular weight excluding hydrogens is 296 g/mol. The van der Waals surface area contributed by atoms with Crippen molar-refractivity contribution in [3.8, 4) is 5.75 Å². The lowest BCUT2D eigenvalue weighted by Crippen LogP contribution is -2.10. The zero-order valence-electron chi connectivity index (χ0n) is 11.2. The number of aryl methyl sites for hydroxylation is 1. The van der Waals surface area contributed by atoms with Gasteiger partial charge in [-0.2, -0.15) is 0 Å². The number of hydrazine groups is 1. The monoisotopic (exact) mass is 308 g/mol. The van der Waals surface area contributed by atoms with Gasteiger partial charge in [0.1, 0.15) is 18.2 Å². The average molecular weight is 309 g/mol. The number of benzene rings is 1. The van der Waals surface area contributed by atoms with Crippen LogP contribution in [0.15, 0.2) is 30.3 Å². The van der Waals surface area contributed by atoms with Crippen molar-refractivity contribution in [1.29, 1.82) is 0 Å². The van der Waals surface area contributed by atoms with Gasteiger partial charge in [-0.1, -0.05) is 11.6 Å². The number of rotatable bonds is 5. The predicted octanol–water partition coefficient (Wildman–Crippen LogP) is 2.82. The Morgan fingerprint density at radius 2 is 2.19 bits per heavy atom. The maximum Gasteiger partial charge on any atom is 0.272 e. The number of pyridine rings is 1. The van der Waals surface area contributed by atoms with Gasteiger partial charge in [-0.05, 0) is 31.2 Å². The Morgan fingerprint density at radius 1 is 1.43 bits per heavy atom. The van der Waals surface area contributed by atoms with Crippen molar-refractivity contribution in [1.82, 2.24) is 4.98 Å². The molecule has 0 fully saturated rings.